The fraction of sp³-hybridized carbons (Fsp3) is 0.400. The zero-order valence-electron chi connectivity index (χ0n) is 18.6. The molecule has 3 aromatic rings. The van der Waals surface area contributed by atoms with Crippen molar-refractivity contribution in [2.24, 2.45) is 5.92 Å². The molecule has 1 aromatic carbocycles. The lowest BCUT2D eigenvalue weighted by atomic mass is 9.90. The van der Waals surface area contributed by atoms with Crippen molar-refractivity contribution >= 4 is 33.6 Å². The van der Waals surface area contributed by atoms with E-state index in [4.69, 9.17) is 4.74 Å². The average Bonchev–Trinajstić information content (AvgIpc) is 3.40. The number of benzene rings is 1. The highest BCUT2D eigenvalue weighted by Crippen LogP contribution is 2.45. The van der Waals surface area contributed by atoms with Gasteiger partial charge in [-0.2, -0.15) is 0 Å². The third-order valence-corrected chi connectivity index (χ3v) is 8.30. The number of carbonyl (C=O) groups excluding carboxylic acids is 1. The van der Waals surface area contributed by atoms with E-state index in [1.807, 2.05) is 29.6 Å². The summed E-state index contributed by atoms with van der Waals surface area (Å²) in [7, 11) is 1.74. The minimum absolute atomic E-state index is 0.0384. The van der Waals surface area contributed by atoms with Crippen molar-refractivity contribution < 1.29 is 9.53 Å². The molecule has 6 heteroatoms. The highest BCUT2D eigenvalue weighted by Gasteiger charge is 2.33. The van der Waals surface area contributed by atoms with Gasteiger partial charge in [0.1, 0.15) is 10.8 Å². The van der Waals surface area contributed by atoms with Crippen LogP contribution < -0.4 is 10.1 Å². The molecule has 0 unspecified atom stereocenters. The van der Waals surface area contributed by atoms with Crippen LogP contribution in [0.15, 0.2) is 41.8 Å². The summed E-state index contributed by atoms with van der Waals surface area (Å²) in [5.74, 6) is 1.60. The average molecular weight is 455 g/mol. The Morgan fingerprint density at radius 2 is 1.90 bits per heavy atom. The Morgan fingerprint density at radius 1 is 1.16 bits per heavy atom. The Hall–Kier alpha value is -2.15. The molecule has 1 fully saturated rings. The Kier molecular flexibility index (Phi) is 6.80. The Labute approximate surface area is 192 Å². The van der Waals surface area contributed by atoms with Crippen LogP contribution in [0, 0.1) is 19.8 Å². The van der Waals surface area contributed by atoms with Crippen molar-refractivity contribution in [2.45, 2.75) is 39.7 Å². The van der Waals surface area contributed by atoms with Gasteiger partial charge in [-0.3, -0.25) is 9.69 Å². The van der Waals surface area contributed by atoms with Gasteiger partial charge in [-0.15, -0.1) is 22.7 Å². The Bertz CT molecular complexity index is 1030. The molecule has 0 saturated carbocycles. The molecule has 0 aliphatic carbocycles. The van der Waals surface area contributed by atoms with Crippen molar-refractivity contribution in [3.63, 3.8) is 0 Å². The maximum atomic E-state index is 12.9. The highest BCUT2D eigenvalue weighted by molar-refractivity contribution is 7.17. The number of para-hydroxylation sites is 1. The number of carbonyl (C=O) groups is 1. The fourth-order valence-corrected chi connectivity index (χ4v) is 6.06. The molecule has 1 amide bonds. The lowest BCUT2D eigenvalue weighted by Crippen LogP contribution is -2.37. The Balaban J connectivity index is 1.80. The van der Waals surface area contributed by atoms with Crippen LogP contribution in [0.3, 0.4) is 0 Å². The summed E-state index contributed by atoms with van der Waals surface area (Å²) >= 11 is 3.14. The number of likely N-dealkylation sites (tertiary alicyclic amines) is 1. The normalized spacial score (nSPS) is 16.3. The van der Waals surface area contributed by atoms with E-state index in [0.717, 1.165) is 40.2 Å². The third kappa shape index (κ3) is 4.56. The van der Waals surface area contributed by atoms with Crippen molar-refractivity contribution in [1.82, 2.24) is 4.90 Å². The molecule has 1 aliphatic heterocycles. The number of hydrogen-bond donors (Lipinski definition) is 1. The molecule has 0 bridgehead atoms. The van der Waals surface area contributed by atoms with Crippen LogP contribution in [0.2, 0.25) is 0 Å². The van der Waals surface area contributed by atoms with Crippen LogP contribution >= 0.6 is 22.7 Å². The second-order valence-corrected chi connectivity index (χ2v) is 10.5. The van der Waals surface area contributed by atoms with Gasteiger partial charge in [0.15, 0.2) is 0 Å². The summed E-state index contributed by atoms with van der Waals surface area (Å²) in [5, 5.41) is 6.12. The molecule has 1 saturated heterocycles. The first kappa shape index (κ1) is 22.1. The van der Waals surface area contributed by atoms with Crippen LogP contribution in [0.4, 0.5) is 5.00 Å². The van der Waals surface area contributed by atoms with Gasteiger partial charge in [0.2, 0.25) is 0 Å². The van der Waals surface area contributed by atoms with E-state index in [0.29, 0.717) is 0 Å². The minimum Gasteiger partial charge on any atom is -0.496 e. The van der Waals surface area contributed by atoms with Gasteiger partial charge in [-0.1, -0.05) is 31.2 Å². The summed E-state index contributed by atoms with van der Waals surface area (Å²) < 4.78 is 5.78. The van der Waals surface area contributed by atoms with Crippen LogP contribution in [-0.2, 0) is 0 Å². The Morgan fingerprint density at radius 3 is 2.58 bits per heavy atom. The van der Waals surface area contributed by atoms with Crippen molar-refractivity contribution in [1.29, 1.82) is 0 Å². The highest BCUT2D eigenvalue weighted by atomic mass is 32.1. The zero-order chi connectivity index (χ0) is 22.0. The lowest BCUT2D eigenvalue weighted by molar-refractivity contribution is 0.103. The van der Waals surface area contributed by atoms with E-state index in [2.05, 4.69) is 43.1 Å². The summed E-state index contributed by atoms with van der Waals surface area (Å²) in [5.41, 5.74) is 3.61. The first-order chi connectivity index (χ1) is 15.0. The number of hydrogen-bond acceptors (Lipinski definition) is 5. The van der Waals surface area contributed by atoms with Gasteiger partial charge in [-0.25, -0.2) is 0 Å². The number of nitrogens with zero attached hydrogens (tertiary/aromatic N) is 1. The molecule has 2 aromatic heterocycles. The number of amides is 1. The molecule has 0 radical (unpaired) electrons. The molecule has 1 atom stereocenters. The summed E-state index contributed by atoms with van der Waals surface area (Å²) in [6, 6.07) is 12.1. The van der Waals surface area contributed by atoms with E-state index in [1.165, 1.54) is 40.2 Å². The fourth-order valence-electron chi connectivity index (χ4n) is 4.35. The number of ether oxygens (including phenoxy) is 1. The monoisotopic (exact) mass is 454 g/mol. The molecular formula is C25H30N2O2S2. The number of piperidine rings is 1. The van der Waals surface area contributed by atoms with Crippen LogP contribution in [-0.4, -0.2) is 31.0 Å². The number of nitrogens with one attached hydrogen (secondary N) is 1. The quantitative estimate of drug-likeness (QED) is 0.462. The van der Waals surface area contributed by atoms with E-state index < -0.39 is 0 Å². The molecule has 31 heavy (non-hydrogen) atoms. The van der Waals surface area contributed by atoms with E-state index >= 15 is 0 Å². The lowest BCUT2D eigenvalue weighted by Gasteiger charge is -2.38. The third-order valence-electron chi connectivity index (χ3n) is 6.29. The van der Waals surface area contributed by atoms with Gasteiger partial charge >= 0.3 is 0 Å². The summed E-state index contributed by atoms with van der Waals surface area (Å²) in [4.78, 5) is 17.4. The number of thiophene rings is 2. The second kappa shape index (κ2) is 9.55. The smallest absolute Gasteiger partial charge is 0.266 e. The van der Waals surface area contributed by atoms with Gasteiger partial charge in [0.25, 0.3) is 5.91 Å². The molecule has 164 valence electrons. The van der Waals surface area contributed by atoms with E-state index in [1.54, 1.807) is 18.4 Å². The molecule has 3 heterocycles. The van der Waals surface area contributed by atoms with Crippen LogP contribution in [0.25, 0.3) is 0 Å². The summed E-state index contributed by atoms with van der Waals surface area (Å²) in [6.07, 6.45) is 2.37. The number of aryl methyl sites for hydroxylation is 1. The zero-order valence-corrected chi connectivity index (χ0v) is 20.2. The SMILES string of the molecule is COc1ccccc1[C@@H](c1c(NC(=O)c2cccs2)sc(C)c1C)N1CCC(C)CC1. The first-order valence-electron chi connectivity index (χ1n) is 10.8. The summed E-state index contributed by atoms with van der Waals surface area (Å²) in [6.45, 7) is 8.73. The van der Waals surface area contributed by atoms with E-state index in [9.17, 15) is 4.79 Å². The predicted molar refractivity (Wildman–Crippen MR) is 131 cm³/mol. The number of methoxy groups -OCH3 is 1. The molecule has 4 nitrogen and oxygen atoms in total. The van der Waals surface area contributed by atoms with Crippen molar-refractivity contribution in [3.8, 4) is 5.75 Å². The largest absolute Gasteiger partial charge is 0.496 e. The standard InChI is InChI=1S/C25H30N2O2S2/c1-16-11-13-27(14-12-16)23(19-8-5-6-9-20(19)29-4)22-17(2)18(3)31-25(22)26-24(28)21-10-7-15-30-21/h5-10,15-16,23H,11-14H2,1-4H3,(H,26,28)/t23-/m0/s1. The van der Waals surface area contributed by atoms with Gasteiger partial charge in [0, 0.05) is 16.0 Å². The van der Waals surface area contributed by atoms with Gasteiger partial charge < -0.3 is 10.1 Å². The predicted octanol–water partition coefficient (Wildman–Crippen LogP) is 6.51. The minimum atomic E-state index is -0.0384. The van der Waals surface area contributed by atoms with Crippen molar-refractivity contribution in [2.75, 3.05) is 25.5 Å². The number of rotatable bonds is 6. The molecule has 1 N–H and O–H groups in total. The first-order valence-corrected chi connectivity index (χ1v) is 12.5. The maximum absolute atomic E-state index is 12.9. The van der Waals surface area contributed by atoms with E-state index in [-0.39, 0.29) is 11.9 Å². The maximum Gasteiger partial charge on any atom is 0.266 e. The van der Waals surface area contributed by atoms with Crippen LogP contribution in [0.5, 0.6) is 5.75 Å². The topological polar surface area (TPSA) is 41.6 Å². The molecular weight excluding hydrogens is 424 g/mol. The van der Waals surface area contributed by atoms with Gasteiger partial charge in [-0.05, 0) is 68.8 Å². The second-order valence-electron chi connectivity index (χ2n) is 8.32. The molecule has 1 aliphatic rings. The number of anilines is 1. The van der Waals surface area contributed by atoms with Gasteiger partial charge in [0.05, 0.1) is 18.0 Å². The van der Waals surface area contributed by atoms with Crippen molar-refractivity contribution in [3.05, 3.63) is 68.2 Å². The van der Waals surface area contributed by atoms with Crippen LogP contribution in [0.1, 0.15) is 57.0 Å². The molecule has 4 rings (SSSR count). The molecule has 0 spiro atoms.